The number of hydrogen-bond acceptors (Lipinski definition) is 5. The molecule has 0 aromatic rings. The summed E-state index contributed by atoms with van der Waals surface area (Å²) in [5.74, 6) is 0.598. The topological polar surface area (TPSA) is 90.0 Å². The Morgan fingerprint density at radius 3 is 2.40 bits per heavy atom. The highest BCUT2D eigenvalue weighted by atomic mass is 16.3. The van der Waals surface area contributed by atoms with Gasteiger partial charge in [-0.05, 0) is 18.9 Å². The van der Waals surface area contributed by atoms with E-state index in [4.69, 9.17) is 10.8 Å². The normalized spacial score (nSPS) is 21.9. The van der Waals surface area contributed by atoms with Crippen molar-refractivity contribution < 1.29 is 15.3 Å². The molecule has 0 amide bonds. The molecule has 0 aliphatic heterocycles. The Labute approximate surface area is 122 Å². The molecule has 1 rings (SSSR count). The molecule has 120 valence electrons. The Bertz CT molecular complexity index is 235. The van der Waals surface area contributed by atoms with Gasteiger partial charge in [-0.2, -0.15) is 0 Å². The van der Waals surface area contributed by atoms with Gasteiger partial charge in [0, 0.05) is 19.1 Å². The minimum absolute atomic E-state index is 0.0603. The summed E-state index contributed by atoms with van der Waals surface area (Å²) in [5, 5.41) is 29.2. The van der Waals surface area contributed by atoms with E-state index in [2.05, 4.69) is 0 Å². The Morgan fingerprint density at radius 2 is 1.85 bits per heavy atom. The van der Waals surface area contributed by atoms with Gasteiger partial charge in [-0.1, -0.05) is 39.0 Å². The lowest BCUT2D eigenvalue weighted by Crippen LogP contribution is -2.49. The highest BCUT2D eigenvalue weighted by molar-refractivity contribution is 4.83. The van der Waals surface area contributed by atoms with Crippen molar-refractivity contribution in [3.63, 3.8) is 0 Å². The van der Waals surface area contributed by atoms with Gasteiger partial charge in [0.1, 0.15) is 0 Å². The van der Waals surface area contributed by atoms with Gasteiger partial charge in [0.25, 0.3) is 0 Å². The van der Waals surface area contributed by atoms with Crippen LogP contribution in [0.25, 0.3) is 0 Å². The first kappa shape index (κ1) is 17.9. The maximum Gasteiger partial charge on any atom is 0.0962 e. The van der Waals surface area contributed by atoms with E-state index in [1.165, 1.54) is 32.1 Å². The van der Waals surface area contributed by atoms with Crippen LogP contribution in [0.4, 0.5) is 0 Å². The van der Waals surface area contributed by atoms with Gasteiger partial charge in [0.15, 0.2) is 0 Å². The van der Waals surface area contributed by atoms with Gasteiger partial charge in [-0.15, -0.1) is 0 Å². The van der Waals surface area contributed by atoms with Crippen LogP contribution < -0.4 is 5.73 Å². The third-order valence-electron chi connectivity index (χ3n) is 4.47. The molecule has 20 heavy (non-hydrogen) atoms. The predicted molar refractivity (Wildman–Crippen MR) is 80.4 cm³/mol. The second-order valence-electron chi connectivity index (χ2n) is 6.08. The smallest absolute Gasteiger partial charge is 0.0962 e. The minimum atomic E-state index is -0.885. The molecule has 5 heteroatoms. The van der Waals surface area contributed by atoms with E-state index in [9.17, 15) is 10.2 Å². The van der Waals surface area contributed by atoms with Crippen LogP contribution in [0.1, 0.15) is 45.4 Å². The quantitative estimate of drug-likeness (QED) is 0.491. The van der Waals surface area contributed by atoms with Crippen LogP contribution in [0.15, 0.2) is 0 Å². The average Bonchev–Trinajstić information content (AvgIpc) is 2.46. The molecule has 0 saturated heterocycles. The zero-order valence-corrected chi connectivity index (χ0v) is 12.7. The molecular weight excluding hydrogens is 256 g/mol. The number of nitrogens with zero attached hydrogens (tertiary/aromatic N) is 1. The van der Waals surface area contributed by atoms with E-state index in [1.54, 1.807) is 0 Å². The van der Waals surface area contributed by atoms with Gasteiger partial charge >= 0.3 is 0 Å². The molecule has 0 aromatic carbocycles. The lowest BCUT2D eigenvalue weighted by Gasteiger charge is -2.31. The van der Waals surface area contributed by atoms with E-state index in [0.717, 1.165) is 13.0 Å². The highest BCUT2D eigenvalue weighted by Crippen LogP contribution is 2.27. The van der Waals surface area contributed by atoms with E-state index in [0.29, 0.717) is 19.0 Å². The van der Waals surface area contributed by atoms with Gasteiger partial charge in [-0.3, -0.25) is 4.90 Å². The number of rotatable bonds is 9. The zero-order valence-electron chi connectivity index (χ0n) is 12.7. The Balaban J connectivity index is 2.35. The molecule has 1 aliphatic carbocycles. The molecule has 1 saturated carbocycles. The third-order valence-corrected chi connectivity index (χ3v) is 4.47. The highest BCUT2D eigenvalue weighted by Gasteiger charge is 2.27. The summed E-state index contributed by atoms with van der Waals surface area (Å²) < 4.78 is 0. The first-order chi connectivity index (χ1) is 9.58. The van der Waals surface area contributed by atoms with Crippen molar-refractivity contribution in [3.8, 4) is 0 Å². The molecular formula is C15H32N2O3. The van der Waals surface area contributed by atoms with Crippen LogP contribution in [0.2, 0.25) is 0 Å². The Hall–Kier alpha value is -0.200. The number of aliphatic hydroxyl groups excluding tert-OH is 3. The summed E-state index contributed by atoms with van der Waals surface area (Å²) >= 11 is 0. The number of likely N-dealkylation sites (N-methyl/N-ethyl adjacent to an activating group) is 1. The SMILES string of the molecule is CCN(CCO)CC(O)C(O)[C@@H](N)CC1CCCCC1. The van der Waals surface area contributed by atoms with Gasteiger partial charge in [0.05, 0.1) is 18.8 Å². The lowest BCUT2D eigenvalue weighted by molar-refractivity contribution is -0.0205. The van der Waals surface area contributed by atoms with E-state index in [-0.39, 0.29) is 12.6 Å². The van der Waals surface area contributed by atoms with Crippen molar-refractivity contribution in [2.75, 3.05) is 26.2 Å². The average molecular weight is 288 g/mol. The van der Waals surface area contributed by atoms with E-state index in [1.807, 2.05) is 11.8 Å². The monoisotopic (exact) mass is 288 g/mol. The summed E-state index contributed by atoms with van der Waals surface area (Å²) in [7, 11) is 0. The minimum Gasteiger partial charge on any atom is -0.395 e. The van der Waals surface area contributed by atoms with Crippen LogP contribution in [-0.4, -0.2) is 64.7 Å². The van der Waals surface area contributed by atoms with Gasteiger partial charge < -0.3 is 21.1 Å². The molecule has 5 nitrogen and oxygen atoms in total. The first-order valence-electron chi connectivity index (χ1n) is 8.03. The van der Waals surface area contributed by atoms with Crippen LogP contribution in [0.5, 0.6) is 0 Å². The van der Waals surface area contributed by atoms with Crippen LogP contribution in [0, 0.1) is 5.92 Å². The maximum absolute atomic E-state index is 10.2. The molecule has 0 aromatic heterocycles. The van der Waals surface area contributed by atoms with Crippen LogP contribution >= 0.6 is 0 Å². The summed E-state index contributed by atoms with van der Waals surface area (Å²) in [6.07, 6.45) is 5.29. The van der Waals surface area contributed by atoms with E-state index >= 15 is 0 Å². The lowest BCUT2D eigenvalue weighted by atomic mass is 9.83. The molecule has 0 spiro atoms. The first-order valence-corrected chi connectivity index (χ1v) is 8.03. The summed E-state index contributed by atoms with van der Waals surface area (Å²) in [4.78, 5) is 1.92. The third kappa shape index (κ3) is 6.06. The maximum atomic E-state index is 10.2. The van der Waals surface area contributed by atoms with Crippen molar-refractivity contribution in [2.45, 2.75) is 63.7 Å². The van der Waals surface area contributed by atoms with Gasteiger partial charge in [0.2, 0.25) is 0 Å². The second kappa shape index (κ2) is 9.68. The zero-order chi connectivity index (χ0) is 15.0. The molecule has 0 heterocycles. The van der Waals surface area contributed by atoms with Crippen molar-refractivity contribution in [1.29, 1.82) is 0 Å². The molecule has 3 atom stereocenters. The summed E-state index contributed by atoms with van der Waals surface area (Å²) in [6.45, 7) is 3.64. The Morgan fingerprint density at radius 1 is 1.20 bits per heavy atom. The fourth-order valence-corrected chi connectivity index (χ4v) is 3.12. The van der Waals surface area contributed by atoms with Crippen molar-refractivity contribution in [2.24, 2.45) is 11.7 Å². The summed E-state index contributed by atoms with van der Waals surface area (Å²) in [5.41, 5.74) is 6.06. The fourth-order valence-electron chi connectivity index (χ4n) is 3.12. The van der Waals surface area contributed by atoms with Crippen LogP contribution in [0.3, 0.4) is 0 Å². The largest absolute Gasteiger partial charge is 0.395 e. The molecule has 2 unspecified atom stereocenters. The van der Waals surface area contributed by atoms with Crippen LogP contribution in [-0.2, 0) is 0 Å². The number of aliphatic hydroxyl groups is 3. The fraction of sp³-hybridized carbons (Fsp3) is 1.00. The summed E-state index contributed by atoms with van der Waals surface area (Å²) in [6, 6.07) is -0.360. The number of nitrogens with two attached hydrogens (primary N) is 1. The molecule has 1 fully saturated rings. The molecule has 1 aliphatic rings. The second-order valence-corrected chi connectivity index (χ2v) is 6.08. The van der Waals surface area contributed by atoms with E-state index < -0.39 is 12.2 Å². The standard InChI is InChI=1S/C15H32N2O3/c1-2-17(8-9-18)11-14(19)15(20)13(16)10-12-6-4-3-5-7-12/h12-15,18-20H,2-11,16H2,1H3/t13-,14?,15?/m0/s1. The molecule has 0 bridgehead atoms. The van der Waals surface area contributed by atoms with Crippen molar-refractivity contribution in [1.82, 2.24) is 4.90 Å². The predicted octanol–water partition coefficient (Wildman–Crippen LogP) is 0.320. The Kier molecular flexibility index (Phi) is 8.64. The van der Waals surface area contributed by atoms with Crippen molar-refractivity contribution in [3.05, 3.63) is 0 Å². The van der Waals surface area contributed by atoms with Gasteiger partial charge in [-0.25, -0.2) is 0 Å². The molecule has 0 radical (unpaired) electrons. The number of hydrogen-bond donors (Lipinski definition) is 4. The molecule has 5 N–H and O–H groups in total. The van der Waals surface area contributed by atoms with Crippen molar-refractivity contribution >= 4 is 0 Å².